The van der Waals surface area contributed by atoms with E-state index in [0.29, 0.717) is 18.9 Å². The van der Waals surface area contributed by atoms with E-state index in [0.717, 1.165) is 6.54 Å². The molecule has 4 heteroatoms. The summed E-state index contributed by atoms with van der Waals surface area (Å²) >= 11 is 0. The summed E-state index contributed by atoms with van der Waals surface area (Å²) in [6.07, 6.45) is 6.79. The molecule has 0 unspecified atom stereocenters. The van der Waals surface area contributed by atoms with Crippen molar-refractivity contribution < 1.29 is 9.90 Å². The van der Waals surface area contributed by atoms with E-state index < -0.39 is 0 Å². The Labute approximate surface area is 117 Å². The zero-order valence-corrected chi connectivity index (χ0v) is 12.7. The van der Waals surface area contributed by atoms with Gasteiger partial charge in [-0.05, 0) is 37.5 Å². The highest BCUT2D eigenvalue weighted by molar-refractivity contribution is 5.73. The molecule has 1 rings (SSSR count). The van der Waals surface area contributed by atoms with Crippen LogP contribution in [0.3, 0.4) is 0 Å². The lowest BCUT2D eigenvalue weighted by Crippen LogP contribution is -2.43. The average molecular weight is 270 g/mol. The van der Waals surface area contributed by atoms with Crippen molar-refractivity contribution in [1.82, 2.24) is 10.6 Å². The molecule has 3 N–H and O–H groups in total. The van der Waals surface area contributed by atoms with Crippen LogP contribution in [0.25, 0.3) is 0 Å². The highest BCUT2D eigenvalue weighted by Crippen LogP contribution is 2.23. The van der Waals surface area contributed by atoms with Crippen molar-refractivity contribution in [2.24, 2.45) is 11.3 Å². The van der Waals surface area contributed by atoms with Crippen LogP contribution in [0.15, 0.2) is 0 Å². The number of carbonyl (C=O) groups excluding carboxylic acids is 1. The summed E-state index contributed by atoms with van der Waals surface area (Å²) in [5, 5.41) is 15.3. The standard InChI is InChI=1S/C15H30N2O2/c1-12(18)9-15(2,3)11-17-14(19)16-10-13-7-5-4-6-8-13/h12-13,18H,4-11H2,1-3H3,(H2,16,17,19)/t12-/m1/s1. The Morgan fingerprint density at radius 3 is 2.47 bits per heavy atom. The number of hydrogen-bond acceptors (Lipinski definition) is 2. The molecule has 0 aliphatic heterocycles. The van der Waals surface area contributed by atoms with Crippen molar-refractivity contribution in [2.45, 2.75) is 65.4 Å². The molecule has 1 aliphatic rings. The Hall–Kier alpha value is -0.770. The van der Waals surface area contributed by atoms with Gasteiger partial charge >= 0.3 is 6.03 Å². The molecule has 1 saturated carbocycles. The lowest BCUT2D eigenvalue weighted by atomic mass is 9.87. The van der Waals surface area contributed by atoms with Gasteiger partial charge in [0.05, 0.1) is 6.10 Å². The molecule has 4 nitrogen and oxygen atoms in total. The van der Waals surface area contributed by atoms with Gasteiger partial charge in [-0.15, -0.1) is 0 Å². The number of carbonyl (C=O) groups is 1. The summed E-state index contributed by atoms with van der Waals surface area (Å²) in [4.78, 5) is 11.7. The van der Waals surface area contributed by atoms with Crippen molar-refractivity contribution in [2.75, 3.05) is 13.1 Å². The third kappa shape index (κ3) is 7.41. The minimum Gasteiger partial charge on any atom is -0.393 e. The van der Waals surface area contributed by atoms with Gasteiger partial charge in [-0.2, -0.15) is 0 Å². The van der Waals surface area contributed by atoms with Crippen LogP contribution in [0.2, 0.25) is 0 Å². The summed E-state index contributed by atoms with van der Waals surface area (Å²) in [5.74, 6) is 0.657. The number of urea groups is 1. The number of rotatable bonds is 6. The first kappa shape index (κ1) is 16.3. The van der Waals surface area contributed by atoms with Crippen LogP contribution in [-0.2, 0) is 0 Å². The number of aliphatic hydroxyl groups excluding tert-OH is 1. The van der Waals surface area contributed by atoms with Gasteiger partial charge in [0, 0.05) is 13.1 Å². The van der Waals surface area contributed by atoms with Crippen LogP contribution >= 0.6 is 0 Å². The number of hydrogen-bond donors (Lipinski definition) is 3. The van der Waals surface area contributed by atoms with Crippen LogP contribution in [0.1, 0.15) is 59.3 Å². The second kappa shape index (κ2) is 7.73. The Morgan fingerprint density at radius 1 is 1.26 bits per heavy atom. The average Bonchev–Trinajstić information content (AvgIpc) is 2.34. The fourth-order valence-corrected chi connectivity index (χ4v) is 2.88. The largest absolute Gasteiger partial charge is 0.393 e. The van der Waals surface area contributed by atoms with Gasteiger partial charge < -0.3 is 15.7 Å². The van der Waals surface area contributed by atoms with E-state index in [1.54, 1.807) is 6.92 Å². The lowest BCUT2D eigenvalue weighted by molar-refractivity contribution is 0.128. The second-order valence-corrected chi connectivity index (χ2v) is 6.78. The smallest absolute Gasteiger partial charge is 0.314 e. The fraction of sp³-hybridized carbons (Fsp3) is 0.933. The first-order valence-electron chi connectivity index (χ1n) is 7.59. The van der Waals surface area contributed by atoms with Gasteiger partial charge in [-0.3, -0.25) is 0 Å². The Morgan fingerprint density at radius 2 is 1.89 bits per heavy atom. The van der Waals surface area contributed by atoms with E-state index in [4.69, 9.17) is 0 Å². The zero-order valence-electron chi connectivity index (χ0n) is 12.7. The molecule has 0 aromatic heterocycles. The van der Waals surface area contributed by atoms with Crippen LogP contribution in [0.5, 0.6) is 0 Å². The lowest BCUT2D eigenvalue weighted by Gasteiger charge is -2.27. The summed E-state index contributed by atoms with van der Waals surface area (Å²) in [6.45, 7) is 7.28. The molecule has 2 amide bonds. The molecule has 1 atom stereocenters. The highest BCUT2D eigenvalue weighted by atomic mass is 16.3. The minimum absolute atomic E-state index is 0.0731. The predicted molar refractivity (Wildman–Crippen MR) is 78.1 cm³/mol. The Bertz CT molecular complexity index is 271. The van der Waals surface area contributed by atoms with E-state index in [9.17, 15) is 9.90 Å². The maximum absolute atomic E-state index is 11.7. The summed E-state index contributed by atoms with van der Waals surface area (Å²) in [5.41, 5.74) is -0.0731. The molecule has 0 heterocycles. The van der Waals surface area contributed by atoms with Gasteiger partial charge in [-0.1, -0.05) is 33.1 Å². The molecule has 0 aromatic rings. The Balaban J connectivity index is 2.16. The fourth-order valence-electron chi connectivity index (χ4n) is 2.88. The quantitative estimate of drug-likeness (QED) is 0.695. The summed E-state index contributed by atoms with van der Waals surface area (Å²) in [7, 11) is 0. The molecule has 1 aliphatic carbocycles. The molecular formula is C15H30N2O2. The maximum atomic E-state index is 11.7. The van der Waals surface area contributed by atoms with Gasteiger partial charge in [-0.25, -0.2) is 4.79 Å². The van der Waals surface area contributed by atoms with E-state index >= 15 is 0 Å². The topological polar surface area (TPSA) is 61.4 Å². The predicted octanol–water partition coefficient (Wildman–Crippen LogP) is 2.66. The maximum Gasteiger partial charge on any atom is 0.314 e. The molecule has 19 heavy (non-hydrogen) atoms. The van der Waals surface area contributed by atoms with Gasteiger partial charge in [0.25, 0.3) is 0 Å². The van der Waals surface area contributed by atoms with Crippen LogP contribution in [0, 0.1) is 11.3 Å². The molecule has 112 valence electrons. The molecular weight excluding hydrogens is 240 g/mol. The normalized spacial score (nSPS) is 18.9. The van der Waals surface area contributed by atoms with Crippen molar-refractivity contribution in [3.63, 3.8) is 0 Å². The first-order chi connectivity index (χ1) is 8.89. The summed E-state index contributed by atoms with van der Waals surface area (Å²) in [6, 6.07) is -0.0794. The van der Waals surface area contributed by atoms with E-state index in [2.05, 4.69) is 24.5 Å². The minimum atomic E-state index is -0.331. The molecule has 0 saturated heterocycles. The highest BCUT2D eigenvalue weighted by Gasteiger charge is 2.21. The van der Waals surface area contributed by atoms with Crippen LogP contribution < -0.4 is 10.6 Å². The second-order valence-electron chi connectivity index (χ2n) is 6.78. The van der Waals surface area contributed by atoms with Crippen molar-refractivity contribution in [3.8, 4) is 0 Å². The molecule has 0 bridgehead atoms. The molecule has 0 aromatic carbocycles. The van der Waals surface area contributed by atoms with Crippen molar-refractivity contribution in [1.29, 1.82) is 0 Å². The monoisotopic (exact) mass is 270 g/mol. The molecule has 0 spiro atoms. The first-order valence-corrected chi connectivity index (χ1v) is 7.59. The zero-order chi connectivity index (χ0) is 14.3. The van der Waals surface area contributed by atoms with Crippen molar-refractivity contribution in [3.05, 3.63) is 0 Å². The van der Waals surface area contributed by atoms with Gasteiger partial charge in [0.15, 0.2) is 0 Å². The van der Waals surface area contributed by atoms with Gasteiger partial charge in [0.2, 0.25) is 0 Å². The SMILES string of the molecule is C[C@@H](O)CC(C)(C)CNC(=O)NCC1CCCCC1. The number of amides is 2. The molecule has 0 radical (unpaired) electrons. The van der Waals surface area contributed by atoms with E-state index in [1.807, 2.05) is 0 Å². The van der Waals surface area contributed by atoms with E-state index in [1.165, 1.54) is 32.1 Å². The van der Waals surface area contributed by atoms with Gasteiger partial charge in [0.1, 0.15) is 0 Å². The van der Waals surface area contributed by atoms with Crippen molar-refractivity contribution >= 4 is 6.03 Å². The summed E-state index contributed by atoms with van der Waals surface area (Å²) < 4.78 is 0. The number of nitrogens with one attached hydrogen (secondary N) is 2. The van der Waals surface area contributed by atoms with Crippen LogP contribution in [0.4, 0.5) is 4.79 Å². The third-order valence-corrected chi connectivity index (χ3v) is 3.85. The van der Waals surface area contributed by atoms with Crippen LogP contribution in [-0.4, -0.2) is 30.3 Å². The third-order valence-electron chi connectivity index (χ3n) is 3.85. The Kier molecular flexibility index (Phi) is 6.63. The number of aliphatic hydroxyl groups is 1. The molecule has 1 fully saturated rings. The van der Waals surface area contributed by atoms with E-state index in [-0.39, 0.29) is 17.6 Å².